The molecular formula is C17H16F3N3O2S. The van der Waals surface area contributed by atoms with Crippen molar-refractivity contribution < 1.29 is 21.6 Å². The molecule has 0 atom stereocenters. The van der Waals surface area contributed by atoms with Crippen molar-refractivity contribution in [2.75, 3.05) is 18.1 Å². The van der Waals surface area contributed by atoms with Gasteiger partial charge in [0.05, 0.1) is 5.56 Å². The molecular weight excluding hydrogens is 367 g/mol. The van der Waals surface area contributed by atoms with E-state index in [1.54, 1.807) is 6.92 Å². The lowest BCUT2D eigenvalue weighted by molar-refractivity contribution is -0.137. The molecule has 0 saturated heterocycles. The minimum absolute atomic E-state index is 0.0693. The maximum absolute atomic E-state index is 12.9. The summed E-state index contributed by atoms with van der Waals surface area (Å²) in [5.41, 5.74) is -0.479. The lowest BCUT2D eigenvalue weighted by Gasteiger charge is -2.09. The molecule has 9 heteroatoms. The van der Waals surface area contributed by atoms with Crippen molar-refractivity contribution in [1.29, 1.82) is 0 Å². The fourth-order valence-electron chi connectivity index (χ4n) is 2.23. The number of nitrogens with zero attached hydrogens (tertiary/aromatic N) is 2. The number of hydrogen-bond donors (Lipinski definition) is 1. The van der Waals surface area contributed by atoms with Crippen molar-refractivity contribution in [2.45, 2.75) is 24.5 Å². The molecule has 1 aromatic heterocycles. The van der Waals surface area contributed by atoms with Gasteiger partial charge in [-0.2, -0.15) is 13.2 Å². The molecule has 1 heterocycles. The van der Waals surface area contributed by atoms with E-state index in [0.29, 0.717) is 17.9 Å². The van der Waals surface area contributed by atoms with E-state index in [1.165, 1.54) is 18.2 Å². The van der Waals surface area contributed by atoms with Gasteiger partial charge < -0.3 is 5.32 Å². The number of nitrogens with one attached hydrogen (secondary N) is 1. The molecule has 5 nitrogen and oxygen atoms in total. The average molecular weight is 383 g/mol. The molecule has 1 aromatic carbocycles. The Balaban J connectivity index is 2.05. The highest BCUT2D eigenvalue weighted by Gasteiger charge is 2.32. The van der Waals surface area contributed by atoms with Crippen LogP contribution in [0, 0.1) is 18.8 Å². The Morgan fingerprint density at radius 1 is 1.19 bits per heavy atom. The fraction of sp³-hybridized carbons (Fsp3) is 0.294. The topological polar surface area (TPSA) is 72.0 Å². The van der Waals surface area contributed by atoms with Crippen molar-refractivity contribution in [3.63, 3.8) is 0 Å². The maximum Gasteiger partial charge on any atom is 0.417 e. The average Bonchev–Trinajstić information content (AvgIpc) is 2.54. The monoisotopic (exact) mass is 383 g/mol. The van der Waals surface area contributed by atoms with Gasteiger partial charge >= 0.3 is 6.18 Å². The van der Waals surface area contributed by atoms with Gasteiger partial charge in [-0.15, -0.1) is 0 Å². The van der Waals surface area contributed by atoms with Crippen LogP contribution in [0.25, 0.3) is 0 Å². The number of benzene rings is 1. The highest BCUT2D eigenvalue weighted by molar-refractivity contribution is 7.90. The summed E-state index contributed by atoms with van der Waals surface area (Å²) in [4.78, 5) is 7.72. The van der Waals surface area contributed by atoms with Gasteiger partial charge in [0.2, 0.25) is 0 Å². The number of aromatic nitrogens is 2. The second kappa shape index (κ2) is 7.74. The molecule has 0 saturated carbocycles. The molecule has 0 radical (unpaired) electrons. The summed E-state index contributed by atoms with van der Waals surface area (Å²) in [7, 11) is -3.47. The standard InChI is InChI=1S/C17H16F3N3O2S/c1-12-15(22-11-23-16(12)26(2,24)25)21-10-6-5-8-13-7-3-4-9-14(13)17(18,19)20/h3-4,7,9,11H,6,10H2,1-2H3,(H,21,22,23). The van der Waals surface area contributed by atoms with Gasteiger partial charge in [0.1, 0.15) is 12.1 Å². The molecule has 0 fully saturated rings. The van der Waals surface area contributed by atoms with Gasteiger partial charge in [-0.05, 0) is 19.1 Å². The molecule has 0 aliphatic carbocycles. The summed E-state index contributed by atoms with van der Waals surface area (Å²) in [5, 5.41) is 2.85. The Morgan fingerprint density at radius 3 is 2.54 bits per heavy atom. The summed E-state index contributed by atoms with van der Waals surface area (Å²) in [5.74, 6) is 5.54. The van der Waals surface area contributed by atoms with Crippen LogP contribution >= 0.6 is 0 Å². The molecule has 2 aromatic rings. The van der Waals surface area contributed by atoms with Crippen LogP contribution in [-0.4, -0.2) is 31.2 Å². The highest BCUT2D eigenvalue weighted by Crippen LogP contribution is 2.31. The van der Waals surface area contributed by atoms with Gasteiger partial charge in [-0.3, -0.25) is 0 Å². The van der Waals surface area contributed by atoms with E-state index < -0.39 is 21.6 Å². The first kappa shape index (κ1) is 19.7. The maximum atomic E-state index is 12.9. The van der Waals surface area contributed by atoms with Gasteiger partial charge in [-0.25, -0.2) is 18.4 Å². The normalized spacial score (nSPS) is 11.6. The molecule has 26 heavy (non-hydrogen) atoms. The third kappa shape index (κ3) is 4.95. The Morgan fingerprint density at radius 2 is 1.88 bits per heavy atom. The Bertz CT molecular complexity index is 961. The summed E-state index contributed by atoms with van der Waals surface area (Å²) < 4.78 is 61.9. The molecule has 0 spiro atoms. The smallest absolute Gasteiger partial charge is 0.369 e. The predicted octanol–water partition coefficient (Wildman–Crippen LogP) is 3.06. The van der Waals surface area contributed by atoms with E-state index in [0.717, 1.165) is 18.6 Å². The van der Waals surface area contributed by atoms with Crippen molar-refractivity contribution in [3.8, 4) is 11.8 Å². The van der Waals surface area contributed by atoms with Crippen LogP contribution in [0.15, 0.2) is 35.6 Å². The van der Waals surface area contributed by atoms with E-state index in [-0.39, 0.29) is 17.0 Å². The summed E-state index contributed by atoms with van der Waals surface area (Å²) >= 11 is 0. The number of alkyl halides is 3. The molecule has 0 bridgehead atoms. The van der Waals surface area contributed by atoms with E-state index in [2.05, 4.69) is 27.1 Å². The van der Waals surface area contributed by atoms with Gasteiger partial charge in [-0.1, -0.05) is 24.0 Å². The van der Waals surface area contributed by atoms with Crippen LogP contribution in [0.2, 0.25) is 0 Å². The first-order chi connectivity index (χ1) is 12.1. The van der Waals surface area contributed by atoms with Crippen LogP contribution in [0.1, 0.15) is 23.1 Å². The van der Waals surface area contributed by atoms with E-state index in [1.807, 2.05) is 0 Å². The molecule has 0 aliphatic heterocycles. The first-order valence-electron chi connectivity index (χ1n) is 7.51. The van der Waals surface area contributed by atoms with Crippen molar-refractivity contribution >= 4 is 15.7 Å². The van der Waals surface area contributed by atoms with Crippen LogP contribution < -0.4 is 5.32 Å². The zero-order valence-corrected chi connectivity index (χ0v) is 14.9. The minimum Gasteiger partial charge on any atom is -0.369 e. The Hall–Kier alpha value is -2.60. The van der Waals surface area contributed by atoms with Gasteiger partial charge in [0, 0.05) is 30.3 Å². The zero-order chi connectivity index (χ0) is 19.4. The van der Waals surface area contributed by atoms with Crippen molar-refractivity contribution in [3.05, 3.63) is 47.3 Å². The van der Waals surface area contributed by atoms with Crippen LogP contribution in [-0.2, 0) is 16.0 Å². The van der Waals surface area contributed by atoms with Crippen LogP contribution in [0.3, 0.4) is 0 Å². The zero-order valence-electron chi connectivity index (χ0n) is 14.1. The lowest BCUT2D eigenvalue weighted by Crippen LogP contribution is -2.10. The molecule has 138 valence electrons. The number of halogens is 3. The van der Waals surface area contributed by atoms with E-state index >= 15 is 0 Å². The summed E-state index contributed by atoms with van der Waals surface area (Å²) in [6, 6.07) is 5.11. The van der Waals surface area contributed by atoms with E-state index in [9.17, 15) is 21.6 Å². The first-order valence-corrected chi connectivity index (χ1v) is 9.40. The molecule has 0 amide bonds. The Labute approximate surface area is 149 Å². The molecule has 0 aliphatic rings. The third-order valence-electron chi connectivity index (χ3n) is 3.39. The minimum atomic E-state index is -4.45. The largest absolute Gasteiger partial charge is 0.417 e. The number of hydrogen-bond acceptors (Lipinski definition) is 5. The molecule has 1 N–H and O–H groups in total. The quantitative estimate of drug-likeness (QED) is 0.499. The van der Waals surface area contributed by atoms with Crippen molar-refractivity contribution in [1.82, 2.24) is 9.97 Å². The third-order valence-corrected chi connectivity index (χ3v) is 4.50. The number of anilines is 1. The SMILES string of the molecule is Cc1c(NCCC#Cc2ccccc2C(F)(F)F)ncnc1S(C)(=O)=O. The van der Waals surface area contributed by atoms with Crippen molar-refractivity contribution in [2.24, 2.45) is 0 Å². The number of sulfone groups is 1. The van der Waals surface area contributed by atoms with Gasteiger partial charge in [0.25, 0.3) is 0 Å². The predicted molar refractivity (Wildman–Crippen MR) is 91.3 cm³/mol. The lowest BCUT2D eigenvalue weighted by atomic mass is 10.1. The number of rotatable bonds is 4. The van der Waals surface area contributed by atoms with Crippen LogP contribution in [0.4, 0.5) is 19.0 Å². The Kier molecular flexibility index (Phi) is 5.87. The molecule has 0 unspecified atom stereocenters. The van der Waals surface area contributed by atoms with Gasteiger partial charge in [0.15, 0.2) is 14.9 Å². The summed E-state index contributed by atoms with van der Waals surface area (Å²) in [6.07, 6.45) is -2.01. The van der Waals surface area contributed by atoms with Crippen LogP contribution in [0.5, 0.6) is 0 Å². The summed E-state index contributed by atoms with van der Waals surface area (Å²) in [6.45, 7) is 1.87. The highest BCUT2D eigenvalue weighted by atomic mass is 32.2. The molecule has 2 rings (SSSR count). The second-order valence-corrected chi connectivity index (χ2v) is 7.38. The van der Waals surface area contributed by atoms with E-state index in [4.69, 9.17) is 0 Å². The second-order valence-electron chi connectivity index (χ2n) is 5.45. The fourth-order valence-corrected chi connectivity index (χ4v) is 3.12.